The van der Waals surface area contributed by atoms with E-state index >= 15 is 0 Å². The van der Waals surface area contributed by atoms with Crippen LogP contribution >= 0.6 is 0 Å². The third-order valence-electron chi connectivity index (χ3n) is 23.7. The molecular formula is C109H168N6O6. The van der Waals surface area contributed by atoms with Crippen molar-refractivity contribution >= 4 is 37.3 Å². The lowest BCUT2D eigenvalue weighted by atomic mass is 9.79. The lowest BCUT2D eigenvalue weighted by molar-refractivity contribution is 0.389. The van der Waals surface area contributed by atoms with Gasteiger partial charge in [0, 0.05) is 104 Å². The molecule has 3 aliphatic carbocycles. The van der Waals surface area contributed by atoms with Crippen molar-refractivity contribution in [2.45, 2.75) is 436 Å². The van der Waals surface area contributed by atoms with Crippen LogP contribution in [0.3, 0.4) is 0 Å². The van der Waals surface area contributed by atoms with Gasteiger partial charge in [-0.25, -0.2) is 0 Å². The van der Waals surface area contributed by atoms with E-state index in [2.05, 4.69) is 302 Å². The highest BCUT2D eigenvalue weighted by Crippen LogP contribution is 2.45. The number of benzene rings is 6. The Bertz CT molecular complexity index is 4220. The van der Waals surface area contributed by atoms with Crippen molar-refractivity contribution in [3.05, 3.63) is 173 Å². The second kappa shape index (κ2) is 40.9. The number of aryl methyl sites for hydroxylation is 1. The highest BCUT2D eigenvalue weighted by molar-refractivity contribution is 5.89. The second-order valence-electron chi connectivity index (χ2n) is 45.7. The van der Waals surface area contributed by atoms with E-state index in [1.54, 1.807) is 0 Å². The lowest BCUT2D eigenvalue weighted by Gasteiger charge is -2.28. The molecule has 6 aromatic rings. The molecule has 0 amide bonds. The minimum atomic E-state index is -0.179. The van der Waals surface area contributed by atoms with Crippen LogP contribution in [0.5, 0.6) is 34.5 Å². The second-order valence-corrected chi connectivity index (χ2v) is 45.7. The fraction of sp³-hybridized carbons (Fsp3) is 0.615. The van der Waals surface area contributed by atoms with Gasteiger partial charge >= 0.3 is 0 Å². The largest absolute Gasteiger partial charge is 0.507 e. The number of phenolic OH excluding ortho intramolecular Hbond substituents is 6. The fourth-order valence-corrected chi connectivity index (χ4v) is 15.7. The summed E-state index contributed by atoms with van der Waals surface area (Å²) in [5.74, 6) is 1.91. The van der Waals surface area contributed by atoms with E-state index in [4.69, 9.17) is 30.0 Å². The van der Waals surface area contributed by atoms with E-state index in [0.29, 0.717) is 34.5 Å². The van der Waals surface area contributed by atoms with Gasteiger partial charge < -0.3 is 30.6 Å². The van der Waals surface area contributed by atoms with E-state index in [0.717, 1.165) is 149 Å². The Labute approximate surface area is 737 Å². The zero-order valence-corrected chi connectivity index (χ0v) is 83.2. The van der Waals surface area contributed by atoms with Crippen molar-refractivity contribution in [1.82, 2.24) is 0 Å². The smallest absolute Gasteiger partial charge is 0.128 e. The van der Waals surface area contributed by atoms with Gasteiger partial charge in [0.05, 0.1) is 36.3 Å². The lowest BCUT2D eigenvalue weighted by Crippen LogP contribution is -2.27. The van der Waals surface area contributed by atoms with Crippen molar-refractivity contribution in [2.24, 2.45) is 30.0 Å². The maximum Gasteiger partial charge on any atom is 0.128 e. The molecule has 3 saturated carbocycles. The van der Waals surface area contributed by atoms with Gasteiger partial charge in [-0.1, -0.05) is 331 Å². The normalized spacial score (nSPS) is 19.1. The molecule has 6 N–H and O–H groups in total. The summed E-state index contributed by atoms with van der Waals surface area (Å²) in [5, 5.41) is 67.0. The Balaban J connectivity index is 0.000000316. The monoisotopic (exact) mass is 1660 g/mol. The first-order valence-electron chi connectivity index (χ1n) is 45.8. The van der Waals surface area contributed by atoms with E-state index in [1.165, 1.54) is 27.8 Å². The molecule has 0 aromatic heterocycles. The first-order valence-corrected chi connectivity index (χ1v) is 45.8. The van der Waals surface area contributed by atoms with E-state index < -0.39 is 0 Å². The highest BCUT2D eigenvalue weighted by atomic mass is 16.3. The first-order chi connectivity index (χ1) is 55.4. The topological polar surface area (TPSA) is 196 Å². The van der Waals surface area contributed by atoms with Crippen LogP contribution in [0.1, 0.15) is 433 Å². The van der Waals surface area contributed by atoms with E-state index in [-0.39, 0.29) is 95.8 Å². The summed E-state index contributed by atoms with van der Waals surface area (Å²) in [5.41, 5.74) is 16.2. The zero-order valence-electron chi connectivity index (χ0n) is 83.2. The average molecular weight is 1660 g/mol. The standard InChI is InChI=1S/2C36H54N2O2.C33H48N2O2.2C2H6/c2*1-33(2,3)25-17-23(31(39)27(19-25)35(7,8)9)21-37-29-15-13-14-16-30(29)38-22-24-18-26(34(4,5)6)20-28(32(24)40)36(10,11)12;1-21-15-22(29(36)25(16-21)32(5,6)7)19-34-27-13-11-12-14-28(27)35-20-23-17-24(31(2,3)4)18-26(30(23)37)33(8,9)10;2*1-2/h2*17-22,29-30,39-40H,13-16H2,1-12H3;15-20,27-28,36-37H,11-14H2,1-10H3;2*1-2H3/t2*29-,30-;27-,28-;;/m110../s1. The van der Waals surface area contributed by atoms with Crippen molar-refractivity contribution in [3.8, 4) is 34.5 Å². The maximum atomic E-state index is 11.2. The number of aromatic hydroxyl groups is 6. The summed E-state index contributed by atoms with van der Waals surface area (Å²) in [6, 6.07) is 25.4. The molecule has 12 heteroatoms. The molecule has 0 spiro atoms. The van der Waals surface area contributed by atoms with Gasteiger partial charge in [0.1, 0.15) is 34.5 Å². The van der Waals surface area contributed by atoms with Crippen LogP contribution < -0.4 is 0 Å². The molecule has 3 aliphatic rings. The maximum absolute atomic E-state index is 11.2. The fourth-order valence-electron chi connectivity index (χ4n) is 15.7. The van der Waals surface area contributed by atoms with Crippen LogP contribution in [0.2, 0.25) is 0 Å². The van der Waals surface area contributed by atoms with Crippen molar-refractivity contribution in [2.75, 3.05) is 0 Å². The van der Waals surface area contributed by atoms with Crippen LogP contribution in [0.25, 0.3) is 0 Å². The van der Waals surface area contributed by atoms with Crippen LogP contribution in [0.4, 0.5) is 0 Å². The van der Waals surface area contributed by atoms with Crippen molar-refractivity contribution in [3.63, 3.8) is 0 Å². The number of rotatable bonds is 12. The molecule has 0 radical (unpaired) electrons. The van der Waals surface area contributed by atoms with Gasteiger partial charge in [0.25, 0.3) is 0 Å². The molecule has 0 heterocycles. The third kappa shape index (κ3) is 28.9. The average Bonchev–Trinajstić information content (AvgIpc) is 0.792. The summed E-state index contributed by atoms with van der Waals surface area (Å²) in [6.07, 6.45) is 23.7. The van der Waals surface area contributed by atoms with Gasteiger partial charge in [-0.05, 0) is 175 Å². The van der Waals surface area contributed by atoms with Crippen molar-refractivity contribution in [1.29, 1.82) is 0 Å². The SMILES string of the molecule is CC.CC.CC(C)(C)c1cc(C=N[C@@H]2CCCC[C@H]2N=Cc2cc(C(C)(C)C)cc(C(C)(C)C)c2O)c(O)c(C(C)(C)C)c1.CC(C)(C)c1cc(C=N[C@@H]2CCCC[C@H]2N=Cc2cc(C(C)(C)C)cc(C(C)(C)C)c2O)c(O)c(C(C)(C)C)c1.Cc1cc(C=N[C@H]2CCCC[C@@H]2N=Cc2cc(C(C)(C)C)cc(C(C)(C)C)c2O)c(O)c(C(C)(C)C)c1. The molecule has 0 saturated heterocycles. The van der Waals surface area contributed by atoms with Gasteiger partial charge in [0.15, 0.2) is 0 Å². The molecule has 0 unspecified atom stereocenters. The van der Waals surface area contributed by atoms with Crippen LogP contribution in [0, 0.1) is 6.92 Å². The van der Waals surface area contributed by atoms with Gasteiger partial charge in [-0.15, -0.1) is 0 Å². The number of phenols is 6. The molecular weight excluding hydrogens is 1490 g/mol. The molecule has 670 valence electrons. The first kappa shape index (κ1) is 104. The third-order valence-corrected chi connectivity index (χ3v) is 23.7. The van der Waals surface area contributed by atoms with E-state index in [9.17, 15) is 30.6 Å². The van der Waals surface area contributed by atoms with Gasteiger partial charge in [0.2, 0.25) is 0 Å². The Kier molecular flexibility index (Phi) is 35.0. The van der Waals surface area contributed by atoms with Crippen LogP contribution in [-0.4, -0.2) is 104 Å². The minimum Gasteiger partial charge on any atom is -0.507 e. The highest BCUT2D eigenvalue weighted by Gasteiger charge is 2.34. The molecule has 121 heavy (non-hydrogen) atoms. The minimum absolute atomic E-state index is 0.0321. The Morgan fingerprint density at radius 2 is 0.339 bits per heavy atom. The molecule has 0 aliphatic heterocycles. The molecule has 12 nitrogen and oxygen atoms in total. The Morgan fingerprint density at radius 1 is 0.207 bits per heavy atom. The van der Waals surface area contributed by atoms with Crippen LogP contribution in [-0.2, 0) is 59.6 Å². The summed E-state index contributed by atoms with van der Waals surface area (Å²) < 4.78 is 0. The molecule has 0 bridgehead atoms. The molecule has 6 atom stereocenters. The predicted octanol–water partition coefficient (Wildman–Crippen LogP) is 28.5. The van der Waals surface area contributed by atoms with Gasteiger partial charge in [-0.2, -0.15) is 0 Å². The molecule has 3 fully saturated rings. The number of nitrogens with zero attached hydrogens (tertiary/aromatic N) is 6. The molecule has 9 rings (SSSR count). The summed E-state index contributed by atoms with van der Waals surface area (Å²) in [7, 11) is 0. The predicted molar refractivity (Wildman–Crippen MR) is 525 cm³/mol. The Hall–Kier alpha value is -7.86. The van der Waals surface area contributed by atoms with Crippen LogP contribution in [0.15, 0.2) is 103 Å². The molecule has 6 aromatic carbocycles. The van der Waals surface area contributed by atoms with Crippen molar-refractivity contribution < 1.29 is 30.6 Å². The quantitative estimate of drug-likeness (QED) is 0.0660. The number of hydrogen-bond donors (Lipinski definition) is 6. The summed E-state index contributed by atoms with van der Waals surface area (Å²) in [6.45, 7) is 81.4. The Morgan fingerprint density at radius 3 is 0.471 bits per heavy atom. The number of hydrogen-bond acceptors (Lipinski definition) is 12. The summed E-state index contributed by atoms with van der Waals surface area (Å²) >= 11 is 0. The summed E-state index contributed by atoms with van der Waals surface area (Å²) in [4.78, 5) is 30.1. The van der Waals surface area contributed by atoms with E-state index in [1.807, 2.05) is 71.0 Å². The zero-order chi connectivity index (χ0) is 92.3. The number of aliphatic imine (C=N–C) groups is 6. The van der Waals surface area contributed by atoms with Gasteiger partial charge in [-0.3, -0.25) is 30.0 Å².